The van der Waals surface area contributed by atoms with E-state index in [0.717, 1.165) is 18.8 Å². The molecule has 0 saturated carbocycles. The Hall–Kier alpha value is -1.49. The molecule has 16 heavy (non-hydrogen) atoms. The van der Waals surface area contributed by atoms with Gasteiger partial charge >= 0.3 is 0 Å². The number of anilines is 1. The van der Waals surface area contributed by atoms with Gasteiger partial charge in [-0.1, -0.05) is 6.92 Å². The fourth-order valence-electron chi connectivity index (χ4n) is 1.28. The first kappa shape index (κ1) is 11.0. The van der Waals surface area contributed by atoms with Crippen LogP contribution < -0.4 is 5.32 Å². The van der Waals surface area contributed by atoms with E-state index in [0.29, 0.717) is 12.5 Å². The average Bonchev–Trinajstić information content (AvgIpc) is 2.76. The summed E-state index contributed by atoms with van der Waals surface area (Å²) in [6.07, 6.45) is 3.36. The maximum absolute atomic E-state index is 12.5. The van der Waals surface area contributed by atoms with Crippen LogP contribution in [-0.2, 0) is 13.0 Å². The number of hydrogen-bond acceptors (Lipinski definition) is 4. The van der Waals surface area contributed by atoms with Crippen molar-refractivity contribution in [3.05, 3.63) is 40.1 Å². The lowest BCUT2D eigenvalue weighted by atomic mass is 10.4. The minimum absolute atomic E-state index is 0.421. The van der Waals surface area contributed by atoms with Gasteiger partial charge in [0.05, 0.1) is 18.9 Å². The van der Waals surface area contributed by atoms with Crippen molar-refractivity contribution >= 4 is 17.3 Å². The molecule has 0 amide bonds. The Labute approximate surface area is 97.4 Å². The van der Waals surface area contributed by atoms with E-state index in [-0.39, 0.29) is 0 Å². The van der Waals surface area contributed by atoms with Crippen molar-refractivity contribution in [3.63, 3.8) is 0 Å². The van der Waals surface area contributed by atoms with E-state index >= 15 is 0 Å². The van der Waals surface area contributed by atoms with Crippen molar-refractivity contribution in [1.29, 1.82) is 0 Å². The largest absolute Gasteiger partial charge is 0.349 e. The average molecular weight is 237 g/mol. The summed E-state index contributed by atoms with van der Waals surface area (Å²) < 4.78 is 12.5. The third-order valence-electron chi connectivity index (χ3n) is 2.11. The molecule has 0 saturated heterocycles. The molecule has 0 spiro atoms. The van der Waals surface area contributed by atoms with Gasteiger partial charge < -0.3 is 5.32 Å². The Morgan fingerprint density at radius 1 is 1.25 bits per heavy atom. The van der Waals surface area contributed by atoms with Crippen LogP contribution in [0.3, 0.4) is 0 Å². The highest BCUT2D eigenvalue weighted by molar-refractivity contribution is 7.12. The zero-order valence-electron chi connectivity index (χ0n) is 8.90. The lowest BCUT2D eigenvalue weighted by molar-refractivity contribution is 0.614. The van der Waals surface area contributed by atoms with E-state index in [1.165, 1.54) is 9.75 Å². The quantitative estimate of drug-likeness (QED) is 0.888. The number of thiophene rings is 1. The van der Waals surface area contributed by atoms with Gasteiger partial charge in [0.1, 0.15) is 0 Å². The number of aromatic nitrogens is 2. The van der Waals surface area contributed by atoms with Gasteiger partial charge in [-0.05, 0) is 18.6 Å². The maximum Gasteiger partial charge on any atom is 0.223 e. The fraction of sp³-hybridized carbons (Fsp3) is 0.273. The molecule has 0 aliphatic carbocycles. The monoisotopic (exact) mass is 237 g/mol. The number of nitrogens with one attached hydrogen (secondary N) is 1. The third-order valence-corrected chi connectivity index (χ3v) is 3.34. The Morgan fingerprint density at radius 3 is 2.56 bits per heavy atom. The summed E-state index contributed by atoms with van der Waals surface area (Å²) in [5.74, 6) is 0.0304. The topological polar surface area (TPSA) is 37.8 Å². The van der Waals surface area contributed by atoms with Gasteiger partial charge in [0, 0.05) is 9.75 Å². The van der Waals surface area contributed by atoms with Crippen molar-refractivity contribution in [2.24, 2.45) is 0 Å². The Kier molecular flexibility index (Phi) is 3.46. The second kappa shape index (κ2) is 5.03. The Morgan fingerprint density at radius 2 is 1.94 bits per heavy atom. The van der Waals surface area contributed by atoms with E-state index in [4.69, 9.17) is 0 Å². The van der Waals surface area contributed by atoms with E-state index in [9.17, 15) is 4.39 Å². The van der Waals surface area contributed by atoms with Crippen LogP contribution >= 0.6 is 11.3 Å². The van der Waals surface area contributed by atoms with Gasteiger partial charge in [0.25, 0.3) is 0 Å². The van der Waals surface area contributed by atoms with Crippen LogP contribution in [-0.4, -0.2) is 9.97 Å². The lowest BCUT2D eigenvalue weighted by Crippen LogP contribution is -2.01. The molecule has 1 N–H and O–H groups in total. The molecular formula is C11H12FN3S. The fourth-order valence-corrected chi connectivity index (χ4v) is 2.17. The minimum atomic E-state index is -0.421. The highest BCUT2D eigenvalue weighted by Crippen LogP contribution is 2.17. The first-order chi connectivity index (χ1) is 7.78. The van der Waals surface area contributed by atoms with Gasteiger partial charge in [-0.3, -0.25) is 0 Å². The van der Waals surface area contributed by atoms with Gasteiger partial charge in [0.15, 0.2) is 5.82 Å². The first-order valence-electron chi connectivity index (χ1n) is 5.07. The number of hydrogen-bond donors (Lipinski definition) is 1. The van der Waals surface area contributed by atoms with Crippen molar-refractivity contribution in [3.8, 4) is 0 Å². The molecule has 3 nitrogen and oxygen atoms in total. The highest BCUT2D eigenvalue weighted by Gasteiger charge is 2.00. The van der Waals surface area contributed by atoms with Gasteiger partial charge in [-0.2, -0.15) is 0 Å². The molecule has 0 aliphatic heterocycles. The van der Waals surface area contributed by atoms with Gasteiger partial charge in [-0.25, -0.2) is 14.4 Å². The highest BCUT2D eigenvalue weighted by atomic mass is 32.1. The summed E-state index contributed by atoms with van der Waals surface area (Å²) >= 11 is 1.76. The minimum Gasteiger partial charge on any atom is -0.349 e. The molecule has 0 bridgehead atoms. The summed E-state index contributed by atoms with van der Waals surface area (Å²) in [7, 11) is 0. The molecule has 0 radical (unpaired) electrons. The van der Waals surface area contributed by atoms with Crippen LogP contribution in [0.5, 0.6) is 0 Å². The normalized spacial score (nSPS) is 10.4. The summed E-state index contributed by atoms with van der Waals surface area (Å²) in [4.78, 5) is 10.2. The zero-order valence-corrected chi connectivity index (χ0v) is 9.72. The molecule has 2 rings (SSSR count). The van der Waals surface area contributed by atoms with E-state index in [1.807, 2.05) is 0 Å². The number of rotatable bonds is 4. The summed E-state index contributed by atoms with van der Waals surface area (Å²) in [6, 6.07) is 4.20. The van der Waals surface area contributed by atoms with Crippen LogP contribution in [0, 0.1) is 5.82 Å². The van der Waals surface area contributed by atoms with Crippen molar-refractivity contribution in [2.75, 3.05) is 5.32 Å². The van der Waals surface area contributed by atoms with Crippen LogP contribution in [0.2, 0.25) is 0 Å². The summed E-state index contributed by atoms with van der Waals surface area (Å²) in [6.45, 7) is 2.81. The van der Waals surface area contributed by atoms with Crippen LogP contribution in [0.15, 0.2) is 24.5 Å². The molecule has 0 atom stereocenters. The lowest BCUT2D eigenvalue weighted by Gasteiger charge is -2.01. The molecule has 5 heteroatoms. The summed E-state index contributed by atoms with van der Waals surface area (Å²) in [5, 5.41) is 3.05. The number of aryl methyl sites for hydroxylation is 1. The van der Waals surface area contributed by atoms with Crippen LogP contribution in [0.25, 0.3) is 0 Å². The first-order valence-corrected chi connectivity index (χ1v) is 5.88. The molecular weight excluding hydrogens is 225 g/mol. The molecule has 0 aromatic carbocycles. The molecule has 84 valence electrons. The predicted molar refractivity (Wildman–Crippen MR) is 63.0 cm³/mol. The molecule has 2 heterocycles. The predicted octanol–water partition coefficient (Wildman–Crippen LogP) is 2.85. The van der Waals surface area contributed by atoms with Crippen LogP contribution in [0.4, 0.5) is 10.3 Å². The van der Waals surface area contributed by atoms with Crippen LogP contribution in [0.1, 0.15) is 16.7 Å². The standard InChI is InChI=1S/C11H12FN3S/c1-2-9-3-4-10(16-9)7-15-11-13-5-8(12)6-14-11/h3-6H,2,7H2,1H3,(H,13,14,15). The maximum atomic E-state index is 12.5. The number of nitrogens with zero attached hydrogens (tertiary/aromatic N) is 2. The van der Waals surface area contributed by atoms with Crippen molar-refractivity contribution in [1.82, 2.24) is 9.97 Å². The van der Waals surface area contributed by atoms with Crippen molar-refractivity contribution in [2.45, 2.75) is 19.9 Å². The number of halogens is 1. The molecule has 0 aliphatic rings. The van der Waals surface area contributed by atoms with Gasteiger partial charge in [0.2, 0.25) is 5.95 Å². The molecule has 2 aromatic heterocycles. The second-order valence-electron chi connectivity index (χ2n) is 3.30. The van der Waals surface area contributed by atoms with Gasteiger partial charge in [-0.15, -0.1) is 11.3 Å². The molecule has 0 fully saturated rings. The van der Waals surface area contributed by atoms with E-state index in [2.05, 4.69) is 34.3 Å². The smallest absolute Gasteiger partial charge is 0.223 e. The van der Waals surface area contributed by atoms with E-state index in [1.54, 1.807) is 11.3 Å². The summed E-state index contributed by atoms with van der Waals surface area (Å²) in [5.41, 5.74) is 0. The second-order valence-corrected chi connectivity index (χ2v) is 4.55. The Balaban J connectivity index is 1.94. The molecule has 0 unspecified atom stereocenters. The third kappa shape index (κ3) is 2.76. The van der Waals surface area contributed by atoms with E-state index < -0.39 is 5.82 Å². The van der Waals surface area contributed by atoms with Crippen molar-refractivity contribution < 1.29 is 4.39 Å². The Bertz CT molecular complexity index is 453. The zero-order chi connectivity index (χ0) is 11.4. The SMILES string of the molecule is CCc1ccc(CNc2ncc(F)cn2)s1. The molecule has 2 aromatic rings.